The molecule has 0 atom stereocenters. The summed E-state index contributed by atoms with van der Waals surface area (Å²) in [6.45, 7) is 6.66. The number of likely N-dealkylation sites (tertiary alicyclic amines) is 1. The fourth-order valence-electron chi connectivity index (χ4n) is 5.31. The fraction of sp³-hybridized carbons (Fsp3) is 0.297. The van der Waals surface area contributed by atoms with Crippen LogP contribution in [0, 0.1) is 0 Å². The molecule has 5 rings (SSSR count). The van der Waals surface area contributed by atoms with Crippen LogP contribution in [0.15, 0.2) is 84.9 Å². The lowest BCUT2D eigenvalue weighted by molar-refractivity contribution is 0.0126. The first-order valence-electron chi connectivity index (χ1n) is 15.2. The van der Waals surface area contributed by atoms with Crippen LogP contribution in [0.2, 0.25) is 0 Å². The third kappa shape index (κ3) is 7.90. The normalized spacial score (nSPS) is 13.5. The van der Waals surface area contributed by atoms with Gasteiger partial charge < -0.3 is 34.3 Å². The number of carbonyl (C=O) groups excluding carboxylic acids is 2. The van der Waals surface area contributed by atoms with Crippen LogP contribution in [0.5, 0.6) is 23.0 Å². The van der Waals surface area contributed by atoms with E-state index < -0.39 is 5.60 Å². The van der Waals surface area contributed by atoms with E-state index in [1.165, 1.54) is 0 Å². The number of hydrogen-bond donors (Lipinski definition) is 2. The third-order valence-electron chi connectivity index (χ3n) is 7.66. The van der Waals surface area contributed by atoms with Crippen molar-refractivity contribution in [2.75, 3.05) is 32.6 Å². The number of hydrogen-bond acceptors (Lipinski definition) is 7. The van der Waals surface area contributed by atoms with Crippen molar-refractivity contribution < 1.29 is 33.6 Å². The number of rotatable bonds is 8. The highest BCUT2D eigenvalue weighted by atomic mass is 16.6. The lowest BCUT2D eigenvalue weighted by atomic mass is 10.0. The van der Waals surface area contributed by atoms with E-state index in [1.54, 1.807) is 55.5 Å². The van der Waals surface area contributed by atoms with Gasteiger partial charge in [0.2, 0.25) is 0 Å². The Balaban J connectivity index is 1.20. The van der Waals surface area contributed by atoms with Crippen LogP contribution in [0.4, 0.5) is 10.5 Å². The summed E-state index contributed by atoms with van der Waals surface area (Å²) >= 11 is 0. The van der Waals surface area contributed by atoms with Crippen LogP contribution >= 0.6 is 0 Å². The van der Waals surface area contributed by atoms with Gasteiger partial charge in [-0.25, -0.2) is 4.79 Å². The molecule has 1 aliphatic rings. The zero-order chi connectivity index (χ0) is 32.8. The number of ether oxygens (including phenoxy) is 4. The van der Waals surface area contributed by atoms with Crippen molar-refractivity contribution in [3.63, 3.8) is 0 Å². The molecule has 0 radical (unpaired) electrons. The Kier molecular flexibility index (Phi) is 9.70. The molecule has 1 heterocycles. The number of methoxy groups -OCH3 is 2. The van der Waals surface area contributed by atoms with E-state index in [0.717, 1.165) is 16.7 Å². The molecule has 2 amide bonds. The van der Waals surface area contributed by atoms with Crippen molar-refractivity contribution in [1.29, 1.82) is 0 Å². The van der Waals surface area contributed by atoms with E-state index in [0.29, 0.717) is 60.0 Å². The van der Waals surface area contributed by atoms with Crippen LogP contribution in [-0.2, 0) is 4.74 Å². The lowest BCUT2D eigenvalue weighted by Crippen LogP contribution is -2.44. The number of phenols is 1. The second-order valence-corrected chi connectivity index (χ2v) is 12.1. The number of benzene rings is 4. The Labute approximate surface area is 269 Å². The first-order valence-corrected chi connectivity index (χ1v) is 15.2. The fourth-order valence-corrected chi connectivity index (χ4v) is 5.31. The highest BCUT2D eigenvalue weighted by Crippen LogP contribution is 2.35. The first kappa shape index (κ1) is 32.2. The molecule has 9 nitrogen and oxygen atoms in total. The number of carbonyl (C=O) groups is 2. The van der Waals surface area contributed by atoms with Gasteiger partial charge in [0.05, 0.1) is 14.2 Å². The van der Waals surface area contributed by atoms with Crippen molar-refractivity contribution in [3.8, 4) is 45.3 Å². The molecule has 0 bridgehead atoms. The zero-order valence-corrected chi connectivity index (χ0v) is 26.8. The highest BCUT2D eigenvalue weighted by Gasteiger charge is 2.28. The minimum absolute atomic E-state index is 0.0656. The number of anilines is 1. The molecular weight excluding hydrogens is 584 g/mol. The lowest BCUT2D eigenvalue weighted by Gasteiger charge is -2.33. The predicted octanol–water partition coefficient (Wildman–Crippen LogP) is 7.77. The number of piperidine rings is 1. The number of amides is 2. The zero-order valence-electron chi connectivity index (χ0n) is 26.8. The quantitative estimate of drug-likeness (QED) is 0.206. The van der Waals surface area contributed by atoms with E-state index in [-0.39, 0.29) is 23.9 Å². The molecule has 1 fully saturated rings. The summed E-state index contributed by atoms with van der Waals surface area (Å²) in [6.07, 6.45) is 0.976. The molecule has 0 unspecified atom stereocenters. The molecule has 0 aromatic heterocycles. The number of nitrogens with zero attached hydrogens (tertiary/aromatic N) is 1. The van der Waals surface area contributed by atoms with Gasteiger partial charge in [-0.15, -0.1) is 0 Å². The SMILES string of the molecule is COc1cccc(-c2cc(C(=O)Nc3ccc(-c4ccc(OC5CCN(C(=O)OC(C)(C)C)CC5)cc4O)cc3)ccc2OC)c1. The molecule has 1 aliphatic heterocycles. The van der Waals surface area contributed by atoms with Gasteiger partial charge >= 0.3 is 6.09 Å². The van der Waals surface area contributed by atoms with E-state index in [9.17, 15) is 14.7 Å². The molecule has 1 saturated heterocycles. The smallest absolute Gasteiger partial charge is 0.410 e. The van der Waals surface area contributed by atoms with Gasteiger partial charge in [-0.3, -0.25) is 4.79 Å². The largest absolute Gasteiger partial charge is 0.507 e. The average molecular weight is 625 g/mol. The number of phenolic OH excluding ortho intramolecular Hbond substituents is 1. The second kappa shape index (κ2) is 13.9. The summed E-state index contributed by atoms with van der Waals surface area (Å²) in [5.41, 5.74) is 3.64. The highest BCUT2D eigenvalue weighted by molar-refractivity contribution is 6.05. The Morgan fingerprint density at radius 2 is 1.54 bits per heavy atom. The van der Waals surface area contributed by atoms with Crippen molar-refractivity contribution in [1.82, 2.24) is 4.90 Å². The maximum Gasteiger partial charge on any atom is 0.410 e. The Morgan fingerprint density at radius 1 is 0.804 bits per heavy atom. The summed E-state index contributed by atoms with van der Waals surface area (Å²) in [6, 6.07) is 25.4. The summed E-state index contributed by atoms with van der Waals surface area (Å²) in [5, 5.41) is 13.8. The molecule has 2 N–H and O–H groups in total. The van der Waals surface area contributed by atoms with Crippen molar-refractivity contribution in [3.05, 3.63) is 90.5 Å². The molecule has 46 heavy (non-hydrogen) atoms. The van der Waals surface area contributed by atoms with Crippen LogP contribution < -0.4 is 19.5 Å². The molecule has 240 valence electrons. The Morgan fingerprint density at radius 3 is 2.20 bits per heavy atom. The van der Waals surface area contributed by atoms with Crippen molar-refractivity contribution in [2.24, 2.45) is 0 Å². The summed E-state index contributed by atoms with van der Waals surface area (Å²) in [5.74, 6) is 1.74. The van der Waals surface area contributed by atoms with Gasteiger partial charge in [-0.2, -0.15) is 0 Å². The van der Waals surface area contributed by atoms with Crippen LogP contribution in [0.1, 0.15) is 44.0 Å². The minimum Gasteiger partial charge on any atom is -0.507 e. The summed E-state index contributed by atoms with van der Waals surface area (Å²) in [4.78, 5) is 27.2. The Bertz CT molecular complexity index is 1690. The van der Waals surface area contributed by atoms with Gasteiger partial charge in [0.1, 0.15) is 34.7 Å². The van der Waals surface area contributed by atoms with Gasteiger partial charge in [0, 0.05) is 54.4 Å². The third-order valence-corrected chi connectivity index (χ3v) is 7.66. The molecule has 0 saturated carbocycles. The van der Waals surface area contributed by atoms with Crippen LogP contribution in [-0.4, -0.2) is 61.0 Å². The molecular formula is C37H40N2O7. The van der Waals surface area contributed by atoms with Gasteiger partial charge in [-0.05, 0) is 86.5 Å². The second-order valence-electron chi connectivity index (χ2n) is 12.1. The van der Waals surface area contributed by atoms with Crippen molar-refractivity contribution in [2.45, 2.75) is 45.3 Å². The van der Waals surface area contributed by atoms with E-state index in [2.05, 4.69) is 5.32 Å². The van der Waals surface area contributed by atoms with Gasteiger partial charge in [0.25, 0.3) is 5.91 Å². The predicted molar refractivity (Wildman–Crippen MR) is 178 cm³/mol. The summed E-state index contributed by atoms with van der Waals surface area (Å²) in [7, 11) is 3.21. The molecule has 0 spiro atoms. The van der Waals surface area contributed by atoms with Gasteiger partial charge in [-0.1, -0.05) is 24.3 Å². The van der Waals surface area contributed by atoms with Crippen molar-refractivity contribution >= 4 is 17.7 Å². The topological polar surface area (TPSA) is 107 Å². The maximum atomic E-state index is 13.2. The van der Waals surface area contributed by atoms with E-state index in [4.69, 9.17) is 18.9 Å². The summed E-state index contributed by atoms with van der Waals surface area (Å²) < 4.78 is 22.5. The minimum atomic E-state index is -0.530. The molecule has 4 aromatic carbocycles. The van der Waals surface area contributed by atoms with Crippen LogP contribution in [0.25, 0.3) is 22.3 Å². The number of nitrogens with one attached hydrogen (secondary N) is 1. The van der Waals surface area contributed by atoms with E-state index >= 15 is 0 Å². The van der Waals surface area contributed by atoms with Crippen LogP contribution in [0.3, 0.4) is 0 Å². The average Bonchev–Trinajstić information content (AvgIpc) is 3.04. The van der Waals surface area contributed by atoms with Gasteiger partial charge in [0.15, 0.2) is 0 Å². The molecule has 0 aliphatic carbocycles. The standard InChI is InChI=1S/C37H40N2O7/c1-37(2,3)46-36(42)39-19-17-28(18-20-39)45-30-14-15-31(33(40)23-30)24-9-12-27(13-10-24)38-35(41)26-11-16-34(44-5)32(22-26)25-7-6-8-29(21-25)43-4/h6-16,21-23,28,40H,17-20H2,1-5H3,(H,38,41). The Hall–Kier alpha value is -5.18. The monoisotopic (exact) mass is 624 g/mol. The first-order chi connectivity index (χ1) is 22.0. The molecule has 4 aromatic rings. The number of aromatic hydroxyl groups is 1. The maximum absolute atomic E-state index is 13.2. The van der Waals surface area contributed by atoms with E-state index in [1.807, 2.05) is 69.3 Å². The molecule has 9 heteroatoms.